The van der Waals surface area contributed by atoms with Crippen LogP contribution in [0, 0.1) is 0 Å². The lowest BCUT2D eigenvalue weighted by Crippen LogP contribution is -2.34. The number of hydrogen-bond donors (Lipinski definition) is 2. The molecule has 2 heterocycles. The monoisotopic (exact) mass is 362 g/mol. The Morgan fingerprint density at radius 2 is 1.93 bits per heavy atom. The number of anilines is 1. The Morgan fingerprint density at radius 1 is 1.07 bits per heavy atom. The molecule has 0 atom stereocenters. The van der Waals surface area contributed by atoms with Crippen molar-refractivity contribution >= 4 is 22.6 Å². The van der Waals surface area contributed by atoms with Crippen LogP contribution in [-0.2, 0) is 5.54 Å². The zero-order valence-electron chi connectivity index (χ0n) is 14.8. The third kappa shape index (κ3) is 2.63. The highest BCUT2D eigenvalue weighted by molar-refractivity contribution is 6.00. The molecule has 27 heavy (non-hydrogen) atoms. The zero-order chi connectivity index (χ0) is 18.4. The van der Waals surface area contributed by atoms with E-state index in [4.69, 9.17) is 9.47 Å². The molecule has 7 nitrogen and oxygen atoms in total. The normalized spacial score (nSPS) is 16.2. The SMILES string of the molecule is CNc1ncnc2cc(C(=O)NC3(c4ccc5c(c4)OCO5)CC3)ccc12. The predicted molar refractivity (Wildman–Crippen MR) is 100 cm³/mol. The average Bonchev–Trinajstić information content (AvgIpc) is 3.33. The van der Waals surface area contributed by atoms with Gasteiger partial charge in [-0.15, -0.1) is 0 Å². The van der Waals surface area contributed by atoms with Crippen LogP contribution in [0.25, 0.3) is 10.9 Å². The summed E-state index contributed by atoms with van der Waals surface area (Å²) < 4.78 is 10.8. The fraction of sp³-hybridized carbons (Fsp3) is 0.250. The number of ether oxygens (including phenoxy) is 2. The van der Waals surface area contributed by atoms with Gasteiger partial charge in [0.15, 0.2) is 11.5 Å². The fourth-order valence-corrected chi connectivity index (χ4v) is 3.49. The summed E-state index contributed by atoms with van der Waals surface area (Å²) in [5.41, 5.74) is 2.01. The van der Waals surface area contributed by atoms with Gasteiger partial charge in [-0.25, -0.2) is 9.97 Å². The summed E-state index contributed by atoms with van der Waals surface area (Å²) in [5, 5.41) is 7.11. The van der Waals surface area contributed by atoms with E-state index in [0.717, 1.165) is 46.6 Å². The Kier molecular flexibility index (Phi) is 3.43. The summed E-state index contributed by atoms with van der Waals surface area (Å²) in [7, 11) is 1.81. The molecule has 1 amide bonds. The van der Waals surface area contributed by atoms with Gasteiger partial charge in [-0.05, 0) is 48.7 Å². The van der Waals surface area contributed by atoms with Crippen LogP contribution in [0.15, 0.2) is 42.7 Å². The van der Waals surface area contributed by atoms with Crippen LogP contribution in [0.2, 0.25) is 0 Å². The Labute approximate surface area is 155 Å². The highest BCUT2D eigenvalue weighted by atomic mass is 16.7. The molecule has 1 aliphatic heterocycles. The standard InChI is InChI=1S/C20H18N4O3/c1-21-18-14-4-2-12(8-15(14)22-10-23-18)19(25)24-20(6-7-20)13-3-5-16-17(9-13)27-11-26-16/h2-5,8-10H,6-7,11H2,1H3,(H,24,25)(H,21,22,23). The molecule has 0 bridgehead atoms. The van der Waals surface area contributed by atoms with Gasteiger partial charge in [0, 0.05) is 18.0 Å². The molecule has 1 aromatic heterocycles. The van der Waals surface area contributed by atoms with Crippen molar-refractivity contribution in [1.29, 1.82) is 0 Å². The van der Waals surface area contributed by atoms with E-state index in [1.165, 1.54) is 6.33 Å². The number of nitrogens with zero attached hydrogens (tertiary/aromatic N) is 2. The van der Waals surface area contributed by atoms with Crippen molar-refractivity contribution in [2.45, 2.75) is 18.4 Å². The van der Waals surface area contributed by atoms with Gasteiger partial charge >= 0.3 is 0 Å². The van der Waals surface area contributed by atoms with Gasteiger partial charge in [0.2, 0.25) is 6.79 Å². The Hall–Kier alpha value is -3.35. The minimum absolute atomic E-state index is 0.114. The highest BCUT2D eigenvalue weighted by Crippen LogP contribution is 2.48. The van der Waals surface area contributed by atoms with E-state index < -0.39 is 0 Å². The number of rotatable bonds is 4. The molecule has 1 fully saturated rings. The van der Waals surface area contributed by atoms with E-state index in [9.17, 15) is 4.79 Å². The number of amides is 1. The van der Waals surface area contributed by atoms with Crippen molar-refractivity contribution in [1.82, 2.24) is 15.3 Å². The summed E-state index contributed by atoms with van der Waals surface area (Å²) in [6.45, 7) is 0.242. The molecule has 7 heteroatoms. The number of hydrogen-bond acceptors (Lipinski definition) is 6. The van der Waals surface area contributed by atoms with E-state index >= 15 is 0 Å². The van der Waals surface area contributed by atoms with Gasteiger partial charge in [0.25, 0.3) is 5.91 Å². The van der Waals surface area contributed by atoms with Crippen LogP contribution < -0.4 is 20.1 Å². The molecule has 136 valence electrons. The maximum absolute atomic E-state index is 12.9. The van der Waals surface area contributed by atoms with Gasteiger partial charge in [-0.2, -0.15) is 0 Å². The molecule has 0 spiro atoms. The zero-order valence-corrected chi connectivity index (χ0v) is 14.8. The fourth-order valence-electron chi connectivity index (χ4n) is 3.49. The molecule has 1 aliphatic carbocycles. The molecule has 2 N–H and O–H groups in total. The first-order valence-corrected chi connectivity index (χ1v) is 8.84. The Balaban J connectivity index is 1.42. The molecular formula is C20H18N4O3. The Bertz CT molecular complexity index is 1060. The van der Waals surface area contributed by atoms with Crippen LogP contribution in [0.4, 0.5) is 5.82 Å². The number of fused-ring (bicyclic) bond motifs is 2. The highest BCUT2D eigenvalue weighted by Gasteiger charge is 2.46. The lowest BCUT2D eigenvalue weighted by atomic mass is 10.0. The van der Waals surface area contributed by atoms with Gasteiger partial charge < -0.3 is 20.1 Å². The second-order valence-electron chi connectivity index (χ2n) is 6.81. The van der Waals surface area contributed by atoms with Gasteiger partial charge in [-0.3, -0.25) is 4.79 Å². The van der Waals surface area contributed by atoms with Crippen LogP contribution in [0.1, 0.15) is 28.8 Å². The van der Waals surface area contributed by atoms with Crippen LogP contribution >= 0.6 is 0 Å². The van der Waals surface area contributed by atoms with Crippen molar-refractivity contribution in [2.24, 2.45) is 0 Å². The molecule has 5 rings (SSSR count). The molecule has 2 aliphatic rings. The largest absolute Gasteiger partial charge is 0.454 e. The third-order valence-corrected chi connectivity index (χ3v) is 5.16. The van der Waals surface area contributed by atoms with E-state index in [2.05, 4.69) is 20.6 Å². The topological polar surface area (TPSA) is 85.4 Å². The summed E-state index contributed by atoms with van der Waals surface area (Å²) >= 11 is 0. The molecular weight excluding hydrogens is 344 g/mol. The van der Waals surface area contributed by atoms with E-state index in [0.29, 0.717) is 5.56 Å². The predicted octanol–water partition coefficient (Wildman–Crippen LogP) is 2.82. The van der Waals surface area contributed by atoms with Crippen molar-refractivity contribution in [3.05, 3.63) is 53.9 Å². The quantitative estimate of drug-likeness (QED) is 0.742. The average molecular weight is 362 g/mol. The number of nitrogens with one attached hydrogen (secondary N) is 2. The molecule has 1 saturated carbocycles. The number of carbonyl (C=O) groups is 1. The molecule has 0 saturated heterocycles. The lowest BCUT2D eigenvalue weighted by molar-refractivity contribution is 0.0931. The molecule has 3 aromatic rings. The van der Waals surface area contributed by atoms with E-state index in [1.54, 1.807) is 12.1 Å². The maximum Gasteiger partial charge on any atom is 0.252 e. The summed E-state index contributed by atoms with van der Waals surface area (Å²) in [6.07, 6.45) is 3.29. The van der Waals surface area contributed by atoms with E-state index in [1.807, 2.05) is 31.3 Å². The van der Waals surface area contributed by atoms with Crippen molar-refractivity contribution in [3.8, 4) is 11.5 Å². The maximum atomic E-state index is 12.9. The first-order chi connectivity index (χ1) is 13.2. The van der Waals surface area contributed by atoms with Crippen molar-refractivity contribution in [3.63, 3.8) is 0 Å². The number of carbonyl (C=O) groups excluding carboxylic acids is 1. The Morgan fingerprint density at radius 3 is 2.74 bits per heavy atom. The second-order valence-corrected chi connectivity index (χ2v) is 6.81. The second kappa shape index (κ2) is 5.84. The minimum Gasteiger partial charge on any atom is -0.454 e. The lowest BCUT2D eigenvalue weighted by Gasteiger charge is -2.18. The summed E-state index contributed by atoms with van der Waals surface area (Å²) in [6, 6.07) is 11.3. The third-order valence-electron chi connectivity index (χ3n) is 5.16. The van der Waals surface area contributed by atoms with Gasteiger partial charge in [-0.1, -0.05) is 6.07 Å². The number of aromatic nitrogens is 2. The minimum atomic E-state index is -0.338. The first kappa shape index (κ1) is 15.9. The van der Waals surface area contributed by atoms with E-state index in [-0.39, 0.29) is 18.2 Å². The van der Waals surface area contributed by atoms with Crippen LogP contribution in [-0.4, -0.2) is 29.7 Å². The van der Waals surface area contributed by atoms with Crippen LogP contribution in [0.3, 0.4) is 0 Å². The molecule has 2 aromatic carbocycles. The number of benzene rings is 2. The van der Waals surface area contributed by atoms with Gasteiger partial charge in [0.1, 0.15) is 12.1 Å². The molecule has 0 radical (unpaired) electrons. The summed E-state index contributed by atoms with van der Waals surface area (Å²) in [5.74, 6) is 2.10. The first-order valence-electron chi connectivity index (χ1n) is 8.84. The van der Waals surface area contributed by atoms with Gasteiger partial charge in [0.05, 0.1) is 11.1 Å². The summed E-state index contributed by atoms with van der Waals surface area (Å²) in [4.78, 5) is 21.4. The van der Waals surface area contributed by atoms with Crippen LogP contribution in [0.5, 0.6) is 11.5 Å². The van der Waals surface area contributed by atoms with Crippen molar-refractivity contribution < 1.29 is 14.3 Å². The smallest absolute Gasteiger partial charge is 0.252 e. The molecule has 0 unspecified atom stereocenters. The van der Waals surface area contributed by atoms with Crippen molar-refractivity contribution in [2.75, 3.05) is 19.2 Å².